The van der Waals surface area contributed by atoms with E-state index >= 15 is 0 Å². The summed E-state index contributed by atoms with van der Waals surface area (Å²) in [4.78, 5) is 31.1. The monoisotopic (exact) mass is 170 g/mol. The molecule has 0 aliphatic carbocycles. The van der Waals surface area contributed by atoms with Crippen LogP contribution in [0.3, 0.4) is 0 Å². The Bertz CT molecular complexity index is 30.7. The van der Waals surface area contributed by atoms with Crippen LogP contribution in [0.5, 0.6) is 0 Å². The molecule has 0 fully saturated rings. The van der Waals surface area contributed by atoms with Crippen LogP contribution in [0.1, 0.15) is 0 Å². The molecule has 0 rings (SSSR count). The van der Waals surface area contributed by atoms with Gasteiger partial charge in [0.25, 0.3) is 16.1 Å². The zero-order valence-corrected chi connectivity index (χ0v) is 7.39. The van der Waals surface area contributed by atoms with Gasteiger partial charge in [0.05, 0.1) is 0 Å². The summed E-state index contributed by atoms with van der Waals surface area (Å²) in [6.45, 7) is 0. The summed E-state index contributed by atoms with van der Waals surface area (Å²) in [5.41, 5.74) is 0. The summed E-state index contributed by atoms with van der Waals surface area (Å²) in [5.74, 6) is 0. The minimum atomic E-state index is -2.48. The summed E-state index contributed by atoms with van der Waals surface area (Å²) in [6, 6.07) is 0. The Morgan fingerprint density at radius 1 is 0.714 bits per heavy atom. The van der Waals surface area contributed by atoms with Crippen molar-refractivity contribution in [2.75, 3.05) is 0 Å². The first kappa shape index (κ1) is 11.7. The van der Waals surface area contributed by atoms with Crippen molar-refractivity contribution in [3.05, 3.63) is 0 Å². The molecule has 0 saturated carbocycles. The van der Waals surface area contributed by atoms with Crippen LogP contribution in [0, 0.1) is 0 Å². The van der Waals surface area contributed by atoms with Crippen molar-refractivity contribution in [2.24, 2.45) is 0 Å². The molecule has 4 nitrogen and oxygen atoms in total. The fourth-order valence-corrected chi connectivity index (χ4v) is 0. The molecule has 7 heavy (non-hydrogen) atoms. The first-order valence-corrected chi connectivity index (χ1v) is 4.20. The van der Waals surface area contributed by atoms with E-state index in [4.69, 9.17) is 19.6 Å². The largest absolute Gasteiger partial charge is 0.344 e. The van der Waals surface area contributed by atoms with E-state index in [-0.39, 0.29) is 37.7 Å². The van der Waals surface area contributed by atoms with Crippen LogP contribution < -0.4 is 0 Å². The van der Waals surface area contributed by atoms with Crippen LogP contribution in [-0.2, 0) is 0 Å². The predicted molar refractivity (Wildman–Crippen MR) is 28.5 cm³/mol. The van der Waals surface area contributed by atoms with E-state index in [0.717, 1.165) is 0 Å². The maximum atomic E-state index is 7.78. The minimum Gasteiger partial charge on any atom is -0.344 e. The Labute approximate surface area is 72.9 Å². The van der Waals surface area contributed by atoms with E-state index in [1.807, 2.05) is 0 Å². The van der Waals surface area contributed by atoms with Gasteiger partial charge in [-0.2, -0.15) is 0 Å². The topological polar surface area (TPSA) is 80.9 Å². The molecule has 0 saturated heterocycles. The van der Waals surface area contributed by atoms with Crippen molar-refractivity contribution < 1.29 is 19.6 Å². The molecular formula is H4CaO4P2. The van der Waals surface area contributed by atoms with Gasteiger partial charge in [-0.25, -0.2) is 0 Å². The average Bonchev–Trinajstić information content (AvgIpc) is 1.36. The smallest absolute Gasteiger partial charge is 0.250 e. The quantitative estimate of drug-likeness (QED) is 0.304. The van der Waals surface area contributed by atoms with Crippen LogP contribution >= 0.6 is 16.1 Å². The Morgan fingerprint density at radius 3 is 0.857 bits per heavy atom. The van der Waals surface area contributed by atoms with Gasteiger partial charge in [-0.15, -0.1) is 0 Å². The molecule has 0 aliphatic rings. The Hall–Kier alpha value is 1.96. The minimum absolute atomic E-state index is 0. The Morgan fingerprint density at radius 2 is 0.857 bits per heavy atom. The molecule has 0 bridgehead atoms. The molecule has 0 aromatic rings. The first-order valence-electron chi connectivity index (χ1n) is 1.000. The van der Waals surface area contributed by atoms with Gasteiger partial charge < -0.3 is 19.6 Å². The van der Waals surface area contributed by atoms with E-state index in [9.17, 15) is 0 Å². The molecule has 0 heterocycles. The van der Waals surface area contributed by atoms with Gasteiger partial charge in [-0.1, -0.05) is 0 Å². The molecule has 0 aromatic carbocycles. The van der Waals surface area contributed by atoms with E-state index in [2.05, 4.69) is 0 Å². The SMILES string of the molecule is OP(O)P(O)O.[Ca]. The van der Waals surface area contributed by atoms with Gasteiger partial charge in [0.2, 0.25) is 0 Å². The van der Waals surface area contributed by atoms with Crippen molar-refractivity contribution in [1.82, 2.24) is 0 Å². The van der Waals surface area contributed by atoms with Gasteiger partial charge >= 0.3 is 0 Å². The van der Waals surface area contributed by atoms with E-state index in [1.165, 1.54) is 0 Å². The molecule has 2 radical (unpaired) electrons. The van der Waals surface area contributed by atoms with E-state index < -0.39 is 16.1 Å². The van der Waals surface area contributed by atoms with Crippen LogP contribution in [0.2, 0.25) is 0 Å². The number of rotatable bonds is 1. The van der Waals surface area contributed by atoms with Gasteiger partial charge in [-0.3, -0.25) is 0 Å². The van der Waals surface area contributed by atoms with Gasteiger partial charge in [0, 0.05) is 37.7 Å². The van der Waals surface area contributed by atoms with Crippen LogP contribution in [0.25, 0.3) is 0 Å². The first-order chi connectivity index (χ1) is 2.64. The molecule has 4 N–H and O–H groups in total. The van der Waals surface area contributed by atoms with Crippen molar-refractivity contribution >= 4 is 53.9 Å². The maximum Gasteiger partial charge on any atom is 0.250 e. The Balaban J connectivity index is 0. The molecule has 0 amide bonds. The van der Waals surface area contributed by atoms with Crippen molar-refractivity contribution in [2.45, 2.75) is 0 Å². The second-order valence-electron chi connectivity index (χ2n) is 0.537. The average molecular weight is 170 g/mol. The van der Waals surface area contributed by atoms with E-state index in [0.29, 0.717) is 0 Å². The van der Waals surface area contributed by atoms with Crippen molar-refractivity contribution in [3.63, 3.8) is 0 Å². The van der Waals surface area contributed by atoms with Crippen LogP contribution in [0.4, 0.5) is 0 Å². The third kappa shape index (κ3) is 7.96. The summed E-state index contributed by atoms with van der Waals surface area (Å²) < 4.78 is 0. The molecule has 7 heteroatoms. The molecule has 0 atom stereocenters. The number of hydrogen-bond acceptors (Lipinski definition) is 4. The van der Waals surface area contributed by atoms with Crippen molar-refractivity contribution in [1.29, 1.82) is 0 Å². The summed E-state index contributed by atoms with van der Waals surface area (Å²) in [5, 5.41) is 0. The second kappa shape index (κ2) is 6.09. The maximum absolute atomic E-state index is 7.78. The molecule has 0 unspecified atom stereocenters. The van der Waals surface area contributed by atoms with E-state index in [1.54, 1.807) is 0 Å². The molecular weight excluding hydrogens is 166 g/mol. The summed E-state index contributed by atoms with van der Waals surface area (Å²) >= 11 is 0. The van der Waals surface area contributed by atoms with Crippen LogP contribution in [-0.4, -0.2) is 57.3 Å². The molecule has 0 aliphatic heterocycles. The summed E-state index contributed by atoms with van der Waals surface area (Å²) in [6.07, 6.45) is 0. The normalized spacial score (nSPS) is 9.43. The zero-order chi connectivity index (χ0) is 5.15. The van der Waals surface area contributed by atoms with Gasteiger partial charge in [0.15, 0.2) is 0 Å². The second-order valence-corrected chi connectivity index (χ2v) is 3.76. The zero-order valence-electron chi connectivity index (χ0n) is 3.39. The Kier molecular flexibility index (Phi) is 10.2. The standard InChI is InChI=1S/Ca.H4O4P2/c;1-5(2)6(3)4/h;1-4H. The third-order valence-electron chi connectivity index (χ3n) is 0.160. The van der Waals surface area contributed by atoms with Crippen LogP contribution in [0.15, 0.2) is 0 Å². The third-order valence-corrected chi connectivity index (χ3v) is 1.44. The molecule has 40 valence electrons. The predicted octanol–water partition coefficient (Wildman–Crippen LogP) is -0.886. The molecule has 0 spiro atoms. The number of hydrogen-bond donors (Lipinski definition) is 4. The van der Waals surface area contributed by atoms with Gasteiger partial charge in [-0.05, 0) is 0 Å². The summed E-state index contributed by atoms with van der Waals surface area (Å²) in [7, 11) is -4.97. The van der Waals surface area contributed by atoms with Gasteiger partial charge in [0.1, 0.15) is 0 Å². The fourth-order valence-electron chi connectivity index (χ4n) is 0. The van der Waals surface area contributed by atoms with Crippen molar-refractivity contribution in [3.8, 4) is 0 Å². The molecule has 0 aromatic heterocycles. The fraction of sp³-hybridized carbons (Fsp3) is 0.